The maximum absolute atomic E-state index is 14.3. The van der Waals surface area contributed by atoms with Crippen LogP contribution >= 0.6 is 18.9 Å². The number of thiophene rings is 1. The van der Waals surface area contributed by atoms with Crippen LogP contribution in [-0.4, -0.2) is 75.6 Å². The van der Waals surface area contributed by atoms with Crippen molar-refractivity contribution in [2.75, 3.05) is 26.2 Å². The Morgan fingerprint density at radius 1 is 1.09 bits per heavy atom. The van der Waals surface area contributed by atoms with Gasteiger partial charge in [-0.25, -0.2) is 0 Å². The molecule has 0 aliphatic carbocycles. The first kappa shape index (κ1) is 34.1. The third-order valence-corrected chi connectivity index (χ3v) is 10.7. The molecule has 2 fully saturated rings. The van der Waals surface area contributed by atoms with Crippen molar-refractivity contribution in [1.29, 1.82) is 0 Å². The SMILES string of the molecule is Cc1ccccc1C1CN(C(=O)[C@@H]2CCCN2C(=O)[C@@H](NC(=O)c2cc3cc(C(F)(F)P(=O)(O)O)ccc3s2)C(C)(C)C)CCO1. The fourth-order valence-corrected chi connectivity index (χ4v) is 7.43. The van der Waals surface area contributed by atoms with Gasteiger partial charge in [0.2, 0.25) is 11.8 Å². The molecule has 0 bridgehead atoms. The van der Waals surface area contributed by atoms with Crippen molar-refractivity contribution in [2.45, 2.75) is 64.4 Å². The average Bonchev–Trinajstić information content (AvgIpc) is 3.66. The van der Waals surface area contributed by atoms with Gasteiger partial charge in [0.1, 0.15) is 18.2 Å². The summed E-state index contributed by atoms with van der Waals surface area (Å²) in [5, 5.41) is 3.02. The predicted molar refractivity (Wildman–Crippen MR) is 170 cm³/mol. The van der Waals surface area contributed by atoms with E-state index in [9.17, 15) is 27.7 Å². The summed E-state index contributed by atoms with van der Waals surface area (Å²) in [6, 6.07) is 10.7. The molecule has 2 aliphatic heterocycles. The van der Waals surface area contributed by atoms with E-state index in [0.717, 1.165) is 34.6 Å². The third kappa shape index (κ3) is 6.75. The van der Waals surface area contributed by atoms with E-state index in [1.54, 1.807) is 30.6 Å². The van der Waals surface area contributed by atoms with Crippen molar-refractivity contribution in [3.8, 4) is 0 Å². The van der Waals surface area contributed by atoms with Crippen LogP contribution in [0.15, 0.2) is 48.5 Å². The standard InChI is InChI=1S/C32H38F2N3O7PS/c1-19-8-5-6-9-22(19)24-18-36(14-15-44-24)29(39)23-10-7-13-37(23)30(40)27(31(2,3)4)35-28(38)26-17-20-16-21(11-12-25(20)46-26)32(33,34)45(41,42)43/h5-6,8-9,11-12,16-17,23-24,27H,7,10,13-15,18H2,1-4H3,(H,35,38)(H2,41,42,43)/t23-,24?,27+/m0/s1. The fourth-order valence-electron chi connectivity index (χ4n) is 6.01. The summed E-state index contributed by atoms with van der Waals surface area (Å²) in [7, 11) is -5.77. The largest absolute Gasteiger partial charge is 0.399 e. The summed E-state index contributed by atoms with van der Waals surface area (Å²) in [6.45, 7) is 8.93. The molecule has 2 aromatic carbocycles. The third-order valence-electron chi connectivity index (χ3n) is 8.58. The van der Waals surface area contributed by atoms with Crippen LogP contribution in [0.3, 0.4) is 0 Å². The lowest BCUT2D eigenvalue weighted by Gasteiger charge is -2.39. The Kier molecular flexibility index (Phi) is 9.47. The lowest BCUT2D eigenvalue weighted by atomic mass is 9.85. The highest BCUT2D eigenvalue weighted by molar-refractivity contribution is 7.52. The molecule has 1 aromatic heterocycles. The highest BCUT2D eigenvalue weighted by atomic mass is 32.1. The van der Waals surface area contributed by atoms with Crippen molar-refractivity contribution in [3.63, 3.8) is 0 Å². The molecule has 14 heteroatoms. The Balaban J connectivity index is 1.33. The Bertz CT molecular complexity index is 1700. The van der Waals surface area contributed by atoms with Gasteiger partial charge in [0.05, 0.1) is 18.0 Å². The normalized spacial score (nSPS) is 20.2. The molecule has 248 valence electrons. The number of nitrogens with one attached hydrogen (secondary N) is 1. The van der Waals surface area contributed by atoms with Gasteiger partial charge < -0.3 is 29.6 Å². The number of fused-ring (bicyclic) bond motifs is 1. The summed E-state index contributed by atoms with van der Waals surface area (Å²) in [6.07, 6.45) is 0.863. The molecule has 3 N–H and O–H groups in total. The summed E-state index contributed by atoms with van der Waals surface area (Å²) in [4.78, 5) is 63.0. The molecular weight excluding hydrogens is 639 g/mol. The summed E-state index contributed by atoms with van der Waals surface area (Å²) < 4.78 is 46.4. The number of hydrogen-bond donors (Lipinski definition) is 3. The van der Waals surface area contributed by atoms with E-state index in [2.05, 4.69) is 5.32 Å². The quantitative estimate of drug-likeness (QED) is 0.294. The molecule has 3 amide bonds. The number of carbonyl (C=O) groups excluding carboxylic acids is 3. The van der Waals surface area contributed by atoms with Crippen molar-refractivity contribution >= 4 is 46.7 Å². The highest BCUT2D eigenvalue weighted by Gasteiger charge is 2.50. The molecule has 5 rings (SSSR count). The van der Waals surface area contributed by atoms with Gasteiger partial charge in [0, 0.05) is 23.4 Å². The minimum Gasteiger partial charge on any atom is -0.370 e. The maximum Gasteiger partial charge on any atom is 0.399 e. The zero-order valence-electron chi connectivity index (χ0n) is 26.0. The van der Waals surface area contributed by atoms with E-state index in [-0.39, 0.29) is 28.2 Å². The van der Waals surface area contributed by atoms with Crippen LogP contribution in [0.4, 0.5) is 8.78 Å². The number of ether oxygens (including phenoxy) is 1. The van der Waals surface area contributed by atoms with Crippen LogP contribution in [0, 0.1) is 12.3 Å². The maximum atomic E-state index is 14.3. The number of halogens is 2. The first-order chi connectivity index (χ1) is 21.5. The van der Waals surface area contributed by atoms with E-state index in [1.807, 2.05) is 31.2 Å². The van der Waals surface area contributed by atoms with Gasteiger partial charge in [0.25, 0.3) is 5.91 Å². The Labute approximate surface area is 269 Å². The molecular formula is C32H38F2N3O7PS. The second-order valence-electron chi connectivity index (χ2n) is 12.9. The molecule has 2 aliphatic rings. The number of likely N-dealkylation sites (tertiary alicyclic amines) is 1. The number of amides is 3. The fraction of sp³-hybridized carbons (Fsp3) is 0.469. The van der Waals surface area contributed by atoms with Crippen LogP contribution in [0.5, 0.6) is 0 Å². The van der Waals surface area contributed by atoms with Crippen molar-refractivity contribution in [3.05, 3.63) is 70.1 Å². The van der Waals surface area contributed by atoms with Gasteiger partial charge >= 0.3 is 13.3 Å². The topological polar surface area (TPSA) is 136 Å². The number of carbonyl (C=O) groups is 3. The first-order valence-corrected chi connectivity index (χ1v) is 17.5. The molecule has 10 nitrogen and oxygen atoms in total. The summed E-state index contributed by atoms with van der Waals surface area (Å²) in [5.41, 5.74) is -3.91. The molecule has 3 aromatic rings. The van der Waals surface area contributed by atoms with Gasteiger partial charge in [-0.15, -0.1) is 11.3 Å². The Hall–Kier alpha value is -3.22. The zero-order valence-corrected chi connectivity index (χ0v) is 27.7. The van der Waals surface area contributed by atoms with Crippen LogP contribution in [0.2, 0.25) is 0 Å². The second kappa shape index (κ2) is 12.8. The van der Waals surface area contributed by atoms with E-state index in [0.29, 0.717) is 43.8 Å². The number of alkyl halides is 2. The van der Waals surface area contributed by atoms with Crippen molar-refractivity contribution in [1.82, 2.24) is 15.1 Å². The molecule has 3 atom stereocenters. The minimum atomic E-state index is -5.77. The number of rotatable bonds is 7. The molecule has 0 saturated carbocycles. The molecule has 3 heterocycles. The Morgan fingerprint density at radius 2 is 1.80 bits per heavy atom. The van der Waals surface area contributed by atoms with Gasteiger partial charge in [-0.1, -0.05) is 51.1 Å². The molecule has 0 radical (unpaired) electrons. The summed E-state index contributed by atoms with van der Waals surface area (Å²) in [5.74, 6) is -1.14. The minimum absolute atomic E-state index is 0.137. The van der Waals surface area contributed by atoms with E-state index >= 15 is 0 Å². The van der Waals surface area contributed by atoms with Gasteiger partial charge in [-0.3, -0.25) is 18.9 Å². The second-order valence-corrected chi connectivity index (χ2v) is 15.6. The van der Waals surface area contributed by atoms with Crippen LogP contribution in [0.1, 0.15) is 66.1 Å². The summed E-state index contributed by atoms with van der Waals surface area (Å²) >= 11 is 1.00. The number of benzene rings is 2. The smallest absolute Gasteiger partial charge is 0.370 e. The number of hydrogen-bond acceptors (Lipinski definition) is 6. The monoisotopic (exact) mass is 677 g/mol. The van der Waals surface area contributed by atoms with Crippen molar-refractivity contribution in [2.24, 2.45) is 5.41 Å². The van der Waals surface area contributed by atoms with E-state index in [1.165, 1.54) is 12.1 Å². The Morgan fingerprint density at radius 3 is 2.48 bits per heavy atom. The molecule has 0 spiro atoms. The first-order valence-electron chi connectivity index (χ1n) is 15.0. The van der Waals surface area contributed by atoms with Gasteiger partial charge in [0.15, 0.2) is 0 Å². The van der Waals surface area contributed by atoms with E-state index < -0.39 is 42.2 Å². The number of aryl methyl sites for hydroxylation is 1. The zero-order chi connectivity index (χ0) is 33.6. The average molecular weight is 678 g/mol. The highest BCUT2D eigenvalue weighted by Crippen LogP contribution is 2.59. The lowest BCUT2D eigenvalue weighted by molar-refractivity contribution is -0.150. The predicted octanol–water partition coefficient (Wildman–Crippen LogP) is 5.17. The molecule has 46 heavy (non-hydrogen) atoms. The van der Waals surface area contributed by atoms with Crippen LogP contribution < -0.4 is 5.32 Å². The van der Waals surface area contributed by atoms with Gasteiger partial charge in [-0.05, 0) is 59.9 Å². The van der Waals surface area contributed by atoms with Crippen LogP contribution in [0.25, 0.3) is 10.1 Å². The molecule has 2 saturated heterocycles. The number of morpholine rings is 1. The van der Waals surface area contributed by atoms with Crippen LogP contribution in [-0.2, 0) is 24.6 Å². The van der Waals surface area contributed by atoms with E-state index in [4.69, 9.17) is 14.5 Å². The van der Waals surface area contributed by atoms with Crippen molar-refractivity contribution < 1.29 is 42.3 Å². The molecule has 1 unspecified atom stereocenters. The lowest BCUT2D eigenvalue weighted by Crippen LogP contribution is -2.58. The van der Waals surface area contributed by atoms with Gasteiger partial charge in [-0.2, -0.15) is 8.78 Å². The number of nitrogens with zero attached hydrogens (tertiary/aromatic N) is 2.